The molecule has 1 aromatic carbocycles. The van der Waals surface area contributed by atoms with Crippen molar-refractivity contribution in [3.8, 4) is 0 Å². The highest BCUT2D eigenvalue weighted by atomic mass is 79.9. The summed E-state index contributed by atoms with van der Waals surface area (Å²) in [5.41, 5.74) is 1.46. The Hall–Kier alpha value is -0.380. The van der Waals surface area contributed by atoms with E-state index in [0.717, 1.165) is 0 Å². The van der Waals surface area contributed by atoms with Gasteiger partial charge in [0.25, 0.3) is 0 Å². The summed E-state index contributed by atoms with van der Waals surface area (Å²) in [6.45, 7) is 11.7. The molecule has 1 aromatic rings. The van der Waals surface area contributed by atoms with Crippen LogP contribution in [0, 0.1) is 0 Å². The van der Waals surface area contributed by atoms with Crippen molar-refractivity contribution >= 4 is 16.3 Å². The van der Waals surface area contributed by atoms with Crippen LogP contribution in [0.2, 0.25) is 0 Å². The molecular weight excluding hydrogens is 266 g/mol. The van der Waals surface area contributed by atoms with E-state index in [0.29, 0.717) is 0 Å². The van der Waals surface area contributed by atoms with E-state index in [-0.39, 0.29) is 0 Å². The van der Waals surface area contributed by atoms with Crippen molar-refractivity contribution in [1.29, 1.82) is 0 Å². The molecular formula is C13H22BrNO. The zero-order chi connectivity index (χ0) is 12.4. The molecule has 0 aliphatic heterocycles. The van der Waals surface area contributed by atoms with Crippen LogP contribution in [0.1, 0.15) is 26.3 Å². The molecule has 0 amide bonds. The lowest BCUT2D eigenvalue weighted by Gasteiger charge is -2.35. The average molecular weight is 288 g/mol. The summed E-state index contributed by atoms with van der Waals surface area (Å²) in [5.74, 6) is 0. The van der Waals surface area contributed by atoms with Gasteiger partial charge < -0.3 is 8.68 Å². The van der Waals surface area contributed by atoms with Crippen molar-refractivity contribution in [2.75, 3.05) is 19.6 Å². The predicted molar refractivity (Wildman–Crippen MR) is 71.0 cm³/mol. The summed E-state index contributed by atoms with van der Waals surface area (Å²) in [6.07, 6.45) is 0. The van der Waals surface area contributed by atoms with Crippen molar-refractivity contribution in [2.24, 2.45) is 0 Å². The second-order valence-corrected chi connectivity index (χ2v) is 3.93. The van der Waals surface area contributed by atoms with Crippen LogP contribution >= 0.6 is 16.3 Å². The van der Waals surface area contributed by atoms with Crippen LogP contribution < -0.4 is 4.20 Å². The first kappa shape index (κ1) is 15.6. The van der Waals surface area contributed by atoms with E-state index in [2.05, 4.69) is 51.1 Å². The lowest BCUT2D eigenvalue weighted by Crippen LogP contribution is -2.46. The lowest BCUT2D eigenvalue weighted by atomic mass is 10.2. The molecule has 0 atom stereocenters. The van der Waals surface area contributed by atoms with Gasteiger partial charge >= 0.3 is 0 Å². The van der Waals surface area contributed by atoms with Crippen molar-refractivity contribution in [1.82, 2.24) is 0 Å². The Kier molecular flexibility index (Phi) is 8.53. The van der Waals surface area contributed by atoms with Gasteiger partial charge in [0.2, 0.25) is 0 Å². The maximum atomic E-state index is 8.06. The Balaban J connectivity index is 0.00000106. The number of halogens is 1. The zero-order valence-electron chi connectivity index (χ0n) is 10.4. The maximum Gasteiger partial charge on any atom is 0.104 e. The van der Waals surface area contributed by atoms with Gasteiger partial charge in [-0.1, -0.05) is 30.3 Å². The van der Waals surface area contributed by atoms with Crippen molar-refractivity contribution < 1.29 is 8.68 Å². The summed E-state index contributed by atoms with van der Waals surface area (Å²) in [6, 6.07) is 10.8. The van der Waals surface area contributed by atoms with E-state index >= 15 is 0 Å². The molecule has 0 aliphatic rings. The van der Waals surface area contributed by atoms with E-state index in [9.17, 15) is 0 Å². The Morgan fingerprint density at radius 1 is 0.938 bits per heavy atom. The van der Waals surface area contributed by atoms with Crippen molar-refractivity contribution in [3.63, 3.8) is 0 Å². The van der Waals surface area contributed by atoms with E-state index in [4.69, 9.17) is 4.20 Å². The first-order chi connectivity index (χ1) is 7.76. The number of benzene rings is 1. The summed E-state index contributed by atoms with van der Waals surface area (Å²) in [7, 11) is 0. The van der Waals surface area contributed by atoms with Crippen LogP contribution in [0.5, 0.6) is 0 Å². The summed E-state index contributed by atoms with van der Waals surface area (Å²) < 4.78 is 9.26. The molecule has 0 saturated heterocycles. The molecule has 0 N–H and O–H groups in total. The molecule has 0 saturated carbocycles. The van der Waals surface area contributed by atoms with Crippen molar-refractivity contribution in [3.05, 3.63) is 35.9 Å². The first-order valence-electron chi connectivity index (χ1n) is 5.80. The number of quaternary nitrogens is 1. The van der Waals surface area contributed by atoms with E-state index in [1.54, 1.807) is 16.3 Å². The third kappa shape index (κ3) is 4.64. The third-order valence-electron chi connectivity index (χ3n) is 3.37. The maximum absolute atomic E-state index is 8.06. The molecule has 0 fully saturated rings. The Bertz CT molecular complexity index is 252. The molecule has 2 nitrogen and oxygen atoms in total. The van der Waals surface area contributed by atoms with Gasteiger partial charge in [-0.05, 0) is 20.8 Å². The van der Waals surface area contributed by atoms with Gasteiger partial charge in [0.05, 0.1) is 19.6 Å². The van der Waals surface area contributed by atoms with Crippen LogP contribution in [-0.4, -0.2) is 24.1 Å². The third-order valence-corrected chi connectivity index (χ3v) is 3.37. The van der Waals surface area contributed by atoms with Crippen LogP contribution in [0.25, 0.3) is 0 Å². The number of nitrogens with zero attached hydrogens (tertiary/aromatic N) is 1. The number of hydrogen-bond acceptors (Lipinski definition) is 1. The molecule has 0 heterocycles. The van der Waals surface area contributed by atoms with Gasteiger partial charge in [0.1, 0.15) is 6.54 Å². The Morgan fingerprint density at radius 3 is 1.75 bits per heavy atom. The largest absolute Gasteiger partial charge is 0.791 e. The van der Waals surface area contributed by atoms with Crippen molar-refractivity contribution in [2.45, 2.75) is 27.3 Å². The molecule has 3 heteroatoms. The van der Waals surface area contributed by atoms with Gasteiger partial charge in [0.15, 0.2) is 0 Å². The minimum Gasteiger partial charge on any atom is -0.791 e. The molecule has 0 aliphatic carbocycles. The number of rotatable bonds is 5. The van der Waals surface area contributed by atoms with E-state index in [1.165, 1.54) is 36.2 Å². The van der Waals surface area contributed by atoms with E-state index < -0.39 is 0 Å². The predicted octanol–water partition coefficient (Wildman–Crippen LogP) is 2.72. The Labute approximate surface area is 108 Å². The fourth-order valence-corrected chi connectivity index (χ4v) is 1.98. The molecule has 0 radical (unpaired) electrons. The van der Waals surface area contributed by atoms with Crippen LogP contribution in [0.4, 0.5) is 0 Å². The highest BCUT2D eigenvalue weighted by Gasteiger charge is 2.20. The first-order valence-corrected chi connectivity index (χ1v) is 6.45. The molecule has 16 heavy (non-hydrogen) atoms. The normalized spacial score (nSPS) is 10.6. The molecule has 92 valence electrons. The number of hydrogen-bond donors (Lipinski definition) is 0. The van der Waals surface area contributed by atoms with Crippen LogP contribution in [0.3, 0.4) is 0 Å². The van der Waals surface area contributed by atoms with Gasteiger partial charge in [-0.25, -0.2) is 16.3 Å². The molecule has 0 bridgehead atoms. The highest BCUT2D eigenvalue weighted by molar-refractivity contribution is 9.04. The SMILES string of the molecule is CC[N+](CC)(CC)Cc1ccccc1.[O-]Br. The van der Waals surface area contributed by atoms with Crippen LogP contribution in [0.15, 0.2) is 30.3 Å². The van der Waals surface area contributed by atoms with Gasteiger partial charge in [-0.3, -0.25) is 0 Å². The van der Waals surface area contributed by atoms with Gasteiger partial charge in [0, 0.05) is 5.56 Å². The monoisotopic (exact) mass is 287 g/mol. The molecule has 0 spiro atoms. The fourth-order valence-electron chi connectivity index (χ4n) is 1.98. The summed E-state index contributed by atoms with van der Waals surface area (Å²) in [4.78, 5) is 0. The summed E-state index contributed by atoms with van der Waals surface area (Å²) in [5, 5.41) is 0. The molecule has 0 unspecified atom stereocenters. The quantitative estimate of drug-likeness (QED) is 0.764. The summed E-state index contributed by atoms with van der Waals surface area (Å²) >= 11 is 1.69. The fraction of sp³-hybridized carbons (Fsp3) is 0.538. The van der Waals surface area contributed by atoms with Gasteiger partial charge in [-0.2, -0.15) is 0 Å². The zero-order valence-corrected chi connectivity index (χ0v) is 12.0. The standard InChI is InChI=1S/C13H22N.BrO/c1-4-14(5-2,6-3)12-13-10-8-7-9-11-13;1-2/h7-11H,4-6,12H2,1-3H3;/q+1;-1. The second-order valence-electron chi connectivity index (χ2n) is 3.93. The van der Waals surface area contributed by atoms with E-state index in [1.807, 2.05) is 0 Å². The minimum atomic E-state index is 1.17. The highest BCUT2D eigenvalue weighted by Crippen LogP contribution is 2.13. The average Bonchev–Trinajstić information content (AvgIpc) is 2.40. The second kappa shape index (κ2) is 8.74. The van der Waals surface area contributed by atoms with Gasteiger partial charge in [-0.15, -0.1) is 0 Å². The van der Waals surface area contributed by atoms with Crippen LogP contribution in [-0.2, 0) is 6.54 Å². The Morgan fingerprint density at radius 2 is 1.38 bits per heavy atom. The smallest absolute Gasteiger partial charge is 0.104 e. The minimum absolute atomic E-state index is 1.17. The lowest BCUT2D eigenvalue weighted by molar-refractivity contribution is -0.936. The molecule has 0 aromatic heterocycles. The topological polar surface area (TPSA) is 23.1 Å². The molecule has 1 rings (SSSR count).